The van der Waals surface area contributed by atoms with Gasteiger partial charge in [0.25, 0.3) is 0 Å². The highest BCUT2D eigenvalue weighted by Crippen LogP contribution is 2.38. The Bertz CT molecular complexity index is 1040. The molecular weight excluding hydrogens is 408 g/mol. The van der Waals surface area contributed by atoms with E-state index in [4.69, 9.17) is 0 Å². The van der Waals surface area contributed by atoms with Crippen molar-refractivity contribution in [2.75, 3.05) is 6.54 Å². The van der Waals surface area contributed by atoms with E-state index in [-0.39, 0.29) is 19.6 Å². The van der Waals surface area contributed by atoms with Crippen LogP contribution in [0.15, 0.2) is 42.6 Å². The number of aromatic nitrogens is 3. The summed E-state index contributed by atoms with van der Waals surface area (Å²) in [6.07, 6.45) is 1.61. The predicted molar refractivity (Wildman–Crippen MR) is 100 cm³/mol. The fourth-order valence-corrected chi connectivity index (χ4v) is 4.18. The Hall–Kier alpha value is -2.43. The van der Waals surface area contributed by atoms with Crippen LogP contribution in [0.4, 0.5) is 17.6 Å². The molecule has 1 aliphatic rings. The lowest BCUT2D eigenvalue weighted by molar-refractivity contribution is -0.0495. The van der Waals surface area contributed by atoms with Crippen LogP contribution in [-0.2, 0) is 24.5 Å². The fourth-order valence-electron chi connectivity index (χ4n) is 3.40. The smallest absolute Gasteiger partial charge is 0.591 e. The molecule has 29 heavy (non-hydrogen) atoms. The zero-order valence-electron chi connectivity index (χ0n) is 15.3. The summed E-state index contributed by atoms with van der Waals surface area (Å²) in [5, 5.41) is 4.58. The van der Waals surface area contributed by atoms with Gasteiger partial charge in [0, 0.05) is 23.0 Å². The van der Waals surface area contributed by atoms with Crippen LogP contribution < -0.4 is 0 Å². The molecule has 1 unspecified atom stereocenters. The minimum Gasteiger partial charge on any atom is -0.591 e. The molecule has 3 aromatic rings. The van der Waals surface area contributed by atoms with Gasteiger partial charge >= 0.3 is 5.51 Å². The molecule has 0 bridgehead atoms. The van der Waals surface area contributed by atoms with Crippen LogP contribution >= 0.6 is 0 Å². The van der Waals surface area contributed by atoms with Crippen LogP contribution in [0.1, 0.15) is 11.4 Å². The molecule has 0 fully saturated rings. The van der Waals surface area contributed by atoms with Gasteiger partial charge in [0.2, 0.25) is 0 Å². The number of aryl methyl sites for hydroxylation is 1. The van der Waals surface area contributed by atoms with Gasteiger partial charge in [0.1, 0.15) is 11.5 Å². The van der Waals surface area contributed by atoms with E-state index in [1.54, 1.807) is 29.1 Å². The van der Waals surface area contributed by atoms with E-state index in [1.165, 1.54) is 12.1 Å². The minimum absolute atomic E-state index is 0.0432. The first-order chi connectivity index (χ1) is 13.7. The van der Waals surface area contributed by atoms with Gasteiger partial charge in [-0.1, -0.05) is 0 Å². The SMILES string of the molecule is Cc1cc(-c2c(-c3ccc(F)cc3)nn3c2CN([S+]([O-])C(F)(F)F)CC3)ccn1. The molecular formula is C19H16F4N4OS. The van der Waals surface area contributed by atoms with Crippen molar-refractivity contribution in [3.8, 4) is 22.4 Å². The molecule has 1 aromatic carbocycles. The molecule has 1 atom stereocenters. The molecule has 0 radical (unpaired) electrons. The van der Waals surface area contributed by atoms with E-state index in [1.807, 2.05) is 13.0 Å². The molecule has 10 heteroatoms. The van der Waals surface area contributed by atoms with Crippen LogP contribution in [0.3, 0.4) is 0 Å². The van der Waals surface area contributed by atoms with Crippen LogP contribution in [0.2, 0.25) is 0 Å². The molecule has 0 saturated heterocycles. The van der Waals surface area contributed by atoms with Gasteiger partial charge in [-0.3, -0.25) is 9.67 Å². The lowest BCUT2D eigenvalue weighted by atomic mass is 9.98. The fraction of sp³-hybridized carbons (Fsp3) is 0.263. The molecule has 1 aliphatic heterocycles. The second-order valence-electron chi connectivity index (χ2n) is 6.64. The number of hydrogen-bond acceptors (Lipinski definition) is 4. The Morgan fingerprint density at radius 1 is 1.07 bits per heavy atom. The predicted octanol–water partition coefficient (Wildman–Crippen LogP) is 4.06. The number of pyridine rings is 1. The summed E-state index contributed by atoms with van der Waals surface area (Å²) in [5.74, 6) is -0.397. The van der Waals surface area contributed by atoms with Crippen molar-refractivity contribution in [2.24, 2.45) is 0 Å². The highest BCUT2D eigenvalue weighted by molar-refractivity contribution is 7.89. The summed E-state index contributed by atoms with van der Waals surface area (Å²) < 4.78 is 66.7. The molecule has 5 nitrogen and oxygen atoms in total. The van der Waals surface area contributed by atoms with Crippen molar-refractivity contribution in [1.29, 1.82) is 0 Å². The maximum atomic E-state index is 13.4. The molecule has 0 aliphatic carbocycles. The second-order valence-corrected chi connectivity index (χ2v) is 8.12. The van der Waals surface area contributed by atoms with Gasteiger partial charge in [-0.25, -0.2) is 4.39 Å². The first kappa shape index (κ1) is 19.9. The van der Waals surface area contributed by atoms with E-state index in [0.29, 0.717) is 22.5 Å². The average molecular weight is 424 g/mol. The quantitative estimate of drug-likeness (QED) is 0.470. The van der Waals surface area contributed by atoms with E-state index in [2.05, 4.69) is 10.1 Å². The Kier molecular flexibility index (Phi) is 5.09. The van der Waals surface area contributed by atoms with Crippen LogP contribution in [0.25, 0.3) is 22.4 Å². The number of benzene rings is 1. The largest absolute Gasteiger partial charge is 0.593 e. The van der Waals surface area contributed by atoms with E-state index in [0.717, 1.165) is 15.6 Å². The monoisotopic (exact) mass is 424 g/mol. The molecule has 0 saturated carbocycles. The summed E-state index contributed by atoms with van der Waals surface area (Å²) in [5.41, 5.74) is -1.02. The van der Waals surface area contributed by atoms with E-state index >= 15 is 0 Å². The molecule has 0 N–H and O–H groups in total. The van der Waals surface area contributed by atoms with Gasteiger partial charge in [0.15, 0.2) is 11.4 Å². The number of fused-ring (bicyclic) bond motifs is 1. The summed E-state index contributed by atoms with van der Waals surface area (Å²) in [4.78, 5) is 4.17. The summed E-state index contributed by atoms with van der Waals surface area (Å²) in [7, 11) is 0. The molecule has 3 heterocycles. The van der Waals surface area contributed by atoms with Crippen molar-refractivity contribution in [2.45, 2.75) is 25.5 Å². The highest BCUT2D eigenvalue weighted by Gasteiger charge is 2.50. The number of rotatable bonds is 3. The maximum absolute atomic E-state index is 13.4. The van der Waals surface area contributed by atoms with Crippen molar-refractivity contribution in [1.82, 2.24) is 19.1 Å². The topological polar surface area (TPSA) is 57.0 Å². The van der Waals surface area contributed by atoms with Gasteiger partial charge < -0.3 is 4.55 Å². The Morgan fingerprint density at radius 3 is 2.45 bits per heavy atom. The number of alkyl halides is 3. The van der Waals surface area contributed by atoms with E-state index < -0.39 is 22.7 Å². The third-order valence-electron chi connectivity index (χ3n) is 4.68. The maximum Gasteiger partial charge on any atom is 0.593 e. The van der Waals surface area contributed by atoms with E-state index in [9.17, 15) is 22.1 Å². The molecule has 2 aromatic heterocycles. The minimum atomic E-state index is -4.82. The van der Waals surface area contributed by atoms with Gasteiger partial charge in [0.05, 0.1) is 25.3 Å². The lowest BCUT2D eigenvalue weighted by Gasteiger charge is -2.28. The highest BCUT2D eigenvalue weighted by atomic mass is 32.2. The average Bonchev–Trinajstić information content (AvgIpc) is 3.05. The summed E-state index contributed by atoms with van der Waals surface area (Å²) in [6.45, 7) is 1.76. The lowest BCUT2D eigenvalue weighted by Crippen LogP contribution is -2.44. The zero-order valence-corrected chi connectivity index (χ0v) is 16.1. The van der Waals surface area contributed by atoms with Crippen LogP contribution in [-0.4, -0.2) is 35.7 Å². The van der Waals surface area contributed by atoms with Crippen molar-refractivity contribution < 1.29 is 22.1 Å². The van der Waals surface area contributed by atoms with Gasteiger partial charge in [-0.05, 0) is 48.9 Å². The van der Waals surface area contributed by atoms with Gasteiger partial charge in [-0.15, -0.1) is 17.5 Å². The third kappa shape index (κ3) is 3.87. The summed E-state index contributed by atoms with van der Waals surface area (Å²) >= 11 is -3.11. The molecule has 0 spiro atoms. The number of hydrogen-bond donors (Lipinski definition) is 0. The van der Waals surface area contributed by atoms with Crippen molar-refractivity contribution in [3.63, 3.8) is 0 Å². The Labute approximate surface area is 167 Å². The first-order valence-electron chi connectivity index (χ1n) is 8.76. The first-order valence-corrected chi connectivity index (χ1v) is 9.87. The standard InChI is InChI=1S/C19H16F4N4OS/c1-12-10-14(6-7-24-12)17-16-11-26(29(28)19(21,22)23)8-9-27(16)25-18(17)13-2-4-15(20)5-3-13/h2-7,10H,8-9,11H2,1H3. The molecule has 4 rings (SSSR count). The normalized spacial score (nSPS) is 15.9. The van der Waals surface area contributed by atoms with Crippen LogP contribution in [0, 0.1) is 12.7 Å². The summed E-state index contributed by atoms with van der Waals surface area (Å²) in [6, 6.07) is 9.32. The third-order valence-corrected chi connectivity index (χ3v) is 5.86. The van der Waals surface area contributed by atoms with Crippen molar-refractivity contribution in [3.05, 3.63) is 59.8 Å². The Balaban J connectivity index is 1.85. The Morgan fingerprint density at radius 2 is 1.79 bits per heavy atom. The van der Waals surface area contributed by atoms with Crippen molar-refractivity contribution >= 4 is 11.4 Å². The van der Waals surface area contributed by atoms with Crippen LogP contribution in [0.5, 0.6) is 0 Å². The molecule has 152 valence electrons. The number of halogens is 4. The second kappa shape index (κ2) is 7.43. The zero-order chi connectivity index (χ0) is 20.8. The number of nitrogens with zero attached hydrogens (tertiary/aromatic N) is 4. The molecule has 0 amide bonds. The van der Waals surface area contributed by atoms with Gasteiger partial charge in [-0.2, -0.15) is 5.10 Å².